The van der Waals surface area contributed by atoms with Gasteiger partial charge in [-0.2, -0.15) is 4.31 Å². The number of sulfonamides is 1. The Balaban J connectivity index is 1.63. The molecule has 2 aromatic carbocycles. The number of benzene rings is 2. The van der Waals surface area contributed by atoms with E-state index in [-0.39, 0.29) is 11.4 Å². The summed E-state index contributed by atoms with van der Waals surface area (Å²) < 4.78 is 42.4. The van der Waals surface area contributed by atoms with Gasteiger partial charge in [-0.05, 0) is 49.2 Å². The van der Waals surface area contributed by atoms with Crippen LogP contribution in [-0.2, 0) is 24.3 Å². The molecule has 0 aliphatic carbocycles. The fourth-order valence-electron chi connectivity index (χ4n) is 3.33. The molecule has 1 N–H and O–H groups in total. The monoisotopic (exact) mass is 482 g/mol. The maximum atomic E-state index is 12.9. The minimum atomic E-state index is -3.91. The molecule has 0 unspecified atom stereocenters. The number of hydrogen-bond acceptors (Lipinski definition) is 7. The molecule has 0 spiro atoms. The summed E-state index contributed by atoms with van der Waals surface area (Å²) in [6.07, 6.45) is 0.807. The largest absolute Gasteiger partial charge is 0.497 e. The van der Waals surface area contributed by atoms with E-state index < -0.39 is 34.5 Å². The molecular weight excluding hydrogens is 460 g/mol. The SMILES string of the molecule is COc1ccc(NC(=O)COC(=O)[C@@H]2CCCN2S(=O)(=O)c2ccc(Cl)cc2)c(OC)c1. The lowest BCUT2D eigenvalue weighted by Gasteiger charge is -2.22. The Morgan fingerprint density at radius 3 is 2.50 bits per heavy atom. The van der Waals surface area contributed by atoms with Crippen LogP contribution in [0.4, 0.5) is 5.69 Å². The Bertz CT molecular complexity index is 1090. The van der Waals surface area contributed by atoms with Gasteiger partial charge in [0.05, 0.1) is 24.8 Å². The minimum Gasteiger partial charge on any atom is -0.497 e. The first kappa shape index (κ1) is 23.8. The number of halogens is 1. The molecule has 9 nitrogen and oxygen atoms in total. The number of nitrogens with one attached hydrogen (secondary N) is 1. The smallest absolute Gasteiger partial charge is 0.324 e. The second-order valence-electron chi connectivity index (χ2n) is 6.95. The molecule has 1 atom stereocenters. The van der Waals surface area contributed by atoms with Gasteiger partial charge in [0.2, 0.25) is 10.0 Å². The number of hydrogen-bond donors (Lipinski definition) is 1. The van der Waals surface area contributed by atoms with Crippen LogP contribution in [0.2, 0.25) is 5.02 Å². The van der Waals surface area contributed by atoms with E-state index in [0.717, 1.165) is 4.31 Å². The van der Waals surface area contributed by atoms with E-state index in [1.807, 2.05) is 0 Å². The van der Waals surface area contributed by atoms with Gasteiger partial charge in [-0.1, -0.05) is 11.6 Å². The Morgan fingerprint density at radius 1 is 1.12 bits per heavy atom. The molecule has 172 valence electrons. The number of amides is 1. The molecule has 1 saturated heterocycles. The van der Waals surface area contributed by atoms with E-state index in [2.05, 4.69) is 5.32 Å². The van der Waals surface area contributed by atoms with Crippen molar-refractivity contribution in [1.29, 1.82) is 0 Å². The first-order valence-electron chi connectivity index (χ1n) is 9.72. The molecule has 0 saturated carbocycles. The number of nitrogens with zero attached hydrogens (tertiary/aromatic N) is 1. The molecule has 0 radical (unpaired) electrons. The lowest BCUT2D eigenvalue weighted by molar-refractivity contribution is -0.150. The molecule has 11 heteroatoms. The van der Waals surface area contributed by atoms with E-state index in [1.165, 1.54) is 38.5 Å². The summed E-state index contributed by atoms with van der Waals surface area (Å²) in [5.74, 6) is -0.446. The van der Waals surface area contributed by atoms with Crippen LogP contribution in [0.5, 0.6) is 11.5 Å². The highest BCUT2D eigenvalue weighted by Crippen LogP contribution is 2.29. The van der Waals surface area contributed by atoms with Crippen LogP contribution in [0.1, 0.15) is 12.8 Å². The first-order valence-corrected chi connectivity index (χ1v) is 11.5. The van der Waals surface area contributed by atoms with Gasteiger partial charge < -0.3 is 19.5 Å². The standard InChI is InChI=1S/C21H23ClN2O7S/c1-29-15-7-10-17(19(12-15)30-2)23-20(25)13-31-21(26)18-4-3-11-24(18)32(27,28)16-8-5-14(22)6-9-16/h5-10,12,18H,3-4,11,13H2,1-2H3,(H,23,25)/t18-/m0/s1. The van der Waals surface area contributed by atoms with Crippen LogP contribution in [-0.4, -0.2) is 58.0 Å². The third-order valence-corrected chi connectivity index (χ3v) is 7.10. The number of anilines is 1. The summed E-state index contributed by atoms with van der Waals surface area (Å²) in [6.45, 7) is -0.390. The number of esters is 1. The van der Waals surface area contributed by atoms with Crippen LogP contribution in [0, 0.1) is 0 Å². The molecule has 0 aromatic heterocycles. The van der Waals surface area contributed by atoms with Crippen molar-refractivity contribution in [2.75, 3.05) is 32.7 Å². The summed E-state index contributed by atoms with van der Waals surface area (Å²) >= 11 is 5.83. The van der Waals surface area contributed by atoms with Crippen LogP contribution in [0.15, 0.2) is 47.4 Å². The van der Waals surface area contributed by atoms with Crippen molar-refractivity contribution in [2.24, 2.45) is 0 Å². The molecule has 1 fully saturated rings. The Kier molecular flexibility index (Phi) is 7.60. The number of carbonyl (C=O) groups excluding carboxylic acids is 2. The molecule has 32 heavy (non-hydrogen) atoms. The van der Waals surface area contributed by atoms with E-state index in [1.54, 1.807) is 18.2 Å². The van der Waals surface area contributed by atoms with E-state index in [4.69, 9.17) is 25.8 Å². The van der Waals surface area contributed by atoms with E-state index in [0.29, 0.717) is 35.1 Å². The molecule has 1 heterocycles. The van der Waals surface area contributed by atoms with Gasteiger partial charge in [0.25, 0.3) is 5.91 Å². The second kappa shape index (κ2) is 10.2. The van der Waals surface area contributed by atoms with Gasteiger partial charge in [0.1, 0.15) is 17.5 Å². The summed E-state index contributed by atoms with van der Waals surface area (Å²) in [5.41, 5.74) is 0.377. The summed E-state index contributed by atoms with van der Waals surface area (Å²) in [4.78, 5) is 24.9. The van der Waals surface area contributed by atoms with Crippen molar-refractivity contribution in [2.45, 2.75) is 23.8 Å². The zero-order chi connectivity index (χ0) is 23.3. The van der Waals surface area contributed by atoms with Gasteiger partial charge >= 0.3 is 5.97 Å². The maximum Gasteiger partial charge on any atom is 0.324 e. The first-order chi connectivity index (χ1) is 15.3. The fourth-order valence-corrected chi connectivity index (χ4v) is 5.10. The second-order valence-corrected chi connectivity index (χ2v) is 9.28. The molecule has 1 aliphatic heterocycles. The van der Waals surface area contributed by atoms with Gasteiger partial charge in [-0.25, -0.2) is 8.42 Å². The Hall–Kier alpha value is -2.82. The number of ether oxygens (including phenoxy) is 3. The van der Waals surface area contributed by atoms with E-state index >= 15 is 0 Å². The molecule has 1 aliphatic rings. The van der Waals surface area contributed by atoms with Gasteiger partial charge in [-0.15, -0.1) is 0 Å². The average Bonchev–Trinajstić information content (AvgIpc) is 3.29. The van der Waals surface area contributed by atoms with Crippen molar-refractivity contribution in [3.05, 3.63) is 47.5 Å². The van der Waals surface area contributed by atoms with Crippen LogP contribution in [0.3, 0.4) is 0 Å². The Morgan fingerprint density at radius 2 is 1.84 bits per heavy atom. The third kappa shape index (κ3) is 5.32. The predicted molar refractivity (Wildman–Crippen MR) is 118 cm³/mol. The van der Waals surface area contributed by atoms with Gasteiger partial charge in [0.15, 0.2) is 6.61 Å². The van der Waals surface area contributed by atoms with Crippen LogP contribution in [0.25, 0.3) is 0 Å². The maximum absolute atomic E-state index is 12.9. The predicted octanol–water partition coefficient (Wildman–Crippen LogP) is 2.69. The number of carbonyl (C=O) groups is 2. The lowest BCUT2D eigenvalue weighted by atomic mass is 10.2. The summed E-state index contributed by atoms with van der Waals surface area (Å²) in [7, 11) is -0.957. The average molecular weight is 483 g/mol. The third-order valence-electron chi connectivity index (χ3n) is 4.92. The normalized spacial score (nSPS) is 16.4. The van der Waals surface area contributed by atoms with Crippen molar-refractivity contribution in [1.82, 2.24) is 4.31 Å². The molecule has 2 aromatic rings. The van der Waals surface area contributed by atoms with Crippen molar-refractivity contribution < 1.29 is 32.2 Å². The highest BCUT2D eigenvalue weighted by molar-refractivity contribution is 7.89. The highest BCUT2D eigenvalue weighted by atomic mass is 35.5. The molecular formula is C21H23ClN2O7S. The molecule has 3 rings (SSSR count). The Labute approximate surface area is 191 Å². The number of methoxy groups -OCH3 is 2. The van der Waals surface area contributed by atoms with Crippen molar-refractivity contribution >= 4 is 39.2 Å². The summed E-state index contributed by atoms with van der Waals surface area (Å²) in [6, 6.07) is 9.53. The summed E-state index contributed by atoms with van der Waals surface area (Å²) in [5, 5.41) is 2.99. The topological polar surface area (TPSA) is 111 Å². The van der Waals surface area contributed by atoms with Crippen LogP contribution >= 0.6 is 11.6 Å². The van der Waals surface area contributed by atoms with E-state index in [9.17, 15) is 18.0 Å². The zero-order valence-electron chi connectivity index (χ0n) is 17.5. The van der Waals surface area contributed by atoms with Gasteiger partial charge in [0, 0.05) is 17.6 Å². The van der Waals surface area contributed by atoms with Crippen LogP contribution < -0.4 is 14.8 Å². The highest BCUT2D eigenvalue weighted by Gasteiger charge is 2.40. The number of rotatable bonds is 8. The quantitative estimate of drug-likeness (QED) is 0.576. The molecule has 0 bridgehead atoms. The van der Waals surface area contributed by atoms with Crippen molar-refractivity contribution in [3.63, 3.8) is 0 Å². The minimum absolute atomic E-state index is 0.0333. The lowest BCUT2D eigenvalue weighted by Crippen LogP contribution is -2.42. The zero-order valence-corrected chi connectivity index (χ0v) is 19.1. The van der Waals surface area contributed by atoms with Gasteiger partial charge in [-0.3, -0.25) is 9.59 Å². The van der Waals surface area contributed by atoms with Crippen molar-refractivity contribution in [3.8, 4) is 11.5 Å². The molecule has 1 amide bonds. The fraction of sp³-hybridized carbons (Fsp3) is 0.333.